The molecule has 1 nitrogen and oxygen atoms in total. The van der Waals surface area contributed by atoms with Crippen molar-refractivity contribution in [3.63, 3.8) is 0 Å². The Morgan fingerprint density at radius 2 is 2.00 bits per heavy atom. The molecular formula is C13H25LiOSi. The Balaban J connectivity index is 0.00000225. The van der Waals surface area contributed by atoms with Gasteiger partial charge in [0.2, 0.25) is 0 Å². The second-order valence-electron chi connectivity index (χ2n) is 6.04. The second-order valence-corrected chi connectivity index (χ2v) is 10.9. The molecule has 1 atom stereocenters. The summed E-state index contributed by atoms with van der Waals surface area (Å²) < 4.78 is 6.14. The molecule has 88 valence electrons. The third kappa shape index (κ3) is 4.79. The largest absolute Gasteiger partial charge is 1.00 e. The standard InChI is InChI=1S/C13H25OSi.Li/c1-13(2,3)15(4,5)14-11-10-12-8-6-7-9-12;/h6,12H,7,9-11H2,1-5H3;/q-1;+1/t12-;/m1./s1. The maximum atomic E-state index is 6.14. The van der Waals surface area contributed by atoms with Crippen LogP contribution < -0.4 is 18.9 Å². The SMILES string of the molecule is CC(C)(C)[Si](C)(C)OCC[C@@H]1[C-]=CCC1.[Li+]. The van der Waals surface area contributed by atoms with Gasteiger partial charge in [-0.15, -0.1) is 0 Å². The summed E-state index contributed by atoms with van der Waals surface area (Å²) in [5, 5.41) is 0.336. The third-order valence-corrected chi connectivity index (χ3v) is 8.29. The maximum absolute atomic E-state index is 6.14. The molecule has 1 rings (SSSR count). The first-order chi connectivity index (χ1) is 6.83. The van der Waals surface area contributed by atoms with Crippen LogP contribution in [0.5, 0.6) is 0 Å². The fourth-order valence-corrected chi connectivity index (χ4v) is 2.58. The van der Waals surface area contributed by atoms with Crippen LogP contribution in [0, 0.1) is 12.0 Å². The van der Waals surface area contributed by atoms with E-state index in [-0.39, 0.29) is 18.9 Å². The smallest absolute Gasteiger partial charge is 0.497 e. The number of rotatable bonds is 4. The van der Waals surface area contributed by atoms with E-state index in [9.17, 15) is 0 Å². The number of hydrogen-bond acceptors (Lipinski definition) is 1. The van der Waals surface area contributed by atoms with Gasteiger partial charge in [0.25, 0.3) is 0 Å². The zero-order valence-corrected chi connectivity index (χ0v) is 12.9. The minimum atomic E-state index is -1.51. The maximum Gasteiger partial charge on any atom is 1.00 e. The molecule has 1 aliphatic rings. The van der Waals surface area contributed by atoms with Crippen molar-refractivity contribution < 1.29 is 23.3 Å². The first-order valence-corrected chi connectivity index (χ1v) is 8.95. The van der Waals surface area contributed by atoms with E-state index in [2.05, 4.69) is 46.0 Å². The van der Waals surface area contributed by atoms with Crippen molar-refractivity contribution in [3.8, 4) is 0 Å². The van der Waals surface area contributed by atoms with Gasteiger partial charge in [-0.05, 0) is 18.1 Å². The topological polar surface area (TPSA) is 9.23 Å². The minimum absolute atomic E-state index is 0. The van der Waals surface area contributed by atoms with Crippen LogP contribution in [0.2, 0.25) is 18.1 Å². The van der Waals surface area contributed by atoms with Crippen molar-refractivity contribution >= 4 is 8.32 Å². The Morgan fingerprint density at radius 1 is 1.38 bits per heavy atom. The third-order valence-electron chi connectivity index (χ3n) is 3.75. The monoisotopic (exact) mass is 232 g/mol. The number of hydrogen-bond donors (Lipinski definition) is 0. The van der Waals surface area contributed by atoms with E-state index in [0.29, 0.717) is 11.0 Å². The normalized spacial score (nSPS) is 20.9. The summed E-state index contributed by atoms with van der Waals surface area (Å²) >= 11 is 0. The van der Waals surface area contributed by atoms with Gasteiger partial charge in [-0.25, -0.2) is 0 Å². The molecule has 0 radical (unpaired) electrons. The summed E-state index contributed by atoms with van der Waals surface area (Å²) in [6, 6.07) is 0. The van der Waals surface area contributed by atoms with Crippen LogP contribution >= 0.6 is 0 Å². The molecule has 0 aromatic rings. The average molecular weight is 232 g/mol. The molecule has 3 heteroatoms. The van der Waals surface area contributed by atoms with Crippen molar-refractivity contribution in [2.45, 2.75) is 58.2 Å². The Hall–Kier alpha value is 0.514. The van der Waals surface area contributed by atoms with Crippen LogP contribution in [0.15, 0.2) is 6.08 Å². The van der Waals surface area contributed by atoms with Crippen molar-refractivity contribution in [2.24, 2.45) is 5.92 Å². The van der Waals surface area contributed by atoms with E-state index in [4.69, 9.17) is 4.43 Å². The molecule has 0 unspecified atom stereocenters. The van der Waals surface area contributed by atoms with Crippen molar-refractivity contribution in [3.05, 3.63) is 12.2 Å². The van der Waals surface area contributed by atoms with Gasteiger partial charge in [0.1, 0.15) is 0 Å². The summed E-state index contributed by atoms with van der Waals surface area (Å²) in [6.07, 6.45) is 9.22. The predicted molar refractivity (Wildman–Crippen MR) is 68.3 cm³/mol. The van der Waals surface area contributed by atoms with Gasteiger partial charge >= 0.3 is 18.9 Å². The molecule has 0 aromatic carbocycles. The zero-order valence-electron chi connectivity index (χ0n) is 11.9. The van der Waals surface area contributed by atoms with Crippen LogP contribution in [0.25, 0.3) is 0 Å². The Morgan fingerprint density at radius 3 is 2.44 bits per heavy atom. The van der Waals surface area contributed by atoms with Gasteiger partial charge in [-0.3, -0.25) is 6.08 Å². The minimum Gasteiger partial charge on any atom is -0.497 e. The first-order valence-electron chi connectivity index (χ1n) is 6.04. The van der Waals surface area contributed by atoms with E-state index in [1.165, 1.54) is 12.8 Å². The molecule has 0 aromatic heterocycles. The molecule has 0 fully saturated rings. The molecule has 1 aliphatic carbocycles. The second kappa shape index (κ2) is 6.45. The summed E-state index contributed by atoms with van der Waals surface area (Å²) in [7, 11) is -1.51. The van der Waals surface area contributed by atoms with Crippen LogP contribution in [0.4, 0.5) is 0 Å². The summed E-state index contributed by atoms with van der Waals surface area (Å²) in [5.41, 5.74) is 0. The van der Waals surface area contributed by atoms with Crippen LogP contribution in [0.1, 0.15) is 40.0 Å². The Bertz CT molecular complexity index is 231. The van der Waals surface area contributed by atoms with Gasteiger partial charge in [-0.2, -0.15) is 5.92 Å². The zero-order chi connectivity index (χ0) is 11.5. The van der Waals surface area contributed by atoms with Crippen molar-refractivity contribution in [2.75, 3.05) is 6.61 Å². The van der Waals surface area contributed by atoms with Gasteiger partial charge in [0.15, 0.2) is 8.32 Å². The molecule has 0 bridgehead atoms. The van der Waals surface area contributed by atoms with Gasteiger partial charge in [0.05, 0.1) is 0 Å². The van der Waals surface area contributed by atoms with E-state index >= 15 is 0 Å². The van der Waals surface area contributed by atoms with Gasteiger partial charge in [0, 0.05) is 6.61 Å². The molecule has 0 aliphatic heterocycles. The molecular weight excluding hydrogens is 207 g/mol. The quantitative estimate of drug-likeness (QED) is 0.522. The fourth-order valence-electron chi connectivity index (χ4n) is 1.52. The van der Waals surface area contributed by atoms with Gasteiger partial charge in [-0.1, -0.05) is 40.0 Å². The molecule has 0 spiro atoms. The average Bonchev–Trinajstić information content (AvgIpc) is 2.54. The summed E-state index contributed by atoms with van der Waals surface area (Å²) in [5.74, 6) is 0.662. The van der Waals surface area contributed by atoms with E-state index < -0.39 is 8.32 Å². The van der Waals surface area contributed by atoms with Crippen LogP contribution in [0.3, 0.4) is 0 Å². The van der Waals surface area contributed by atoms with Crippen LogP contribution in [-0.2, 0) is 4.43 Å². The molecule has 0 saturated heterocycles. The van der Waals surface area contributed by atoms with E-state index in [0.717, 1.165) is 13.0 Å². The number of allylic oxidation sites excluding steroid dienone is 2. The molecule has 0 saturated carbocycles. The van der Waals surface area contributed by atoms with Gasteiger partial charge < -0.3 is 10.5 Å². The predicted octanol–water partition coefficient (Wildman–Crippen LogP) is 1.17. The summed E-state index contributed by atoms with van der Waals surface area (Å²) in [6.45, 7) is 12.4. The van der Waals surface area contributed by atoms with Crippen LogP contribution in [-0.4, -0.2) is 14.9 Å². The Kier molecular flexibility index (Phi) is 6.65. The molecule has 0 heterocycles. The van der Waals surface area contributed by atoms with Crippen molar-refractivity contribution in [1.29, 1.82) is 0 Å². The molecule has 0 amide bonds. The van der Waals surface area contributed by atoms with Crippen molar-refractivity contribution in [1.82, 2.24) is 0 Å². The fraction of sp³-hybridized carbons (Fsp3) is 0.846. The van der Waals surface area contributed by atoms with E-state index in [1.807, 2.05) is 0 Å². The molecule has 16 heavy (non-hydrogen) atoms. The summed E-state index contributed by atoms with van der Waals surface area (Å²) in [4.78, 5) is 0. The van der Waals surface area contributed by atoms with E-state index in [1.54, 1.807) is 0 Å². The molecule has 0 N–H and O–H groups in total. The first kappa shape index (κ1) is 16.5. The Labute approximate surface area is 114 Å².